The third kappa shape index (κ3) is 8.20. The van der Waals surface area contributed by atoms with Gasteiger partial charge in [0, 0.05) is 42.4 Å². The number of ether oxygens (including phenoxy) is 1. The summed E-state index contributed by atoms with van der Waals surface area (Å²) in [6, 6.07) is 14.7. The van der Waals surface area contributed by atoms with Gasteiger partial charge in [-0.25, -0.2) is 27.9 Å². The molecule has 1 fully saturated rings. The number of carboxylic acids is 1. The highest BCUT2D eigenvalue weighted by Crippen LogP contribution is 2.49. The topological polar surface area (TPSA) is 161 Å². The molecule has 0 aliphatic heterocycles. The van der Waals surface area contributed by atoms with Crippen molar-refractivity contribution in [3.05, 3.63) is 88.9 Å². The highest BCUT2D eigenvalue weighted by atomic mass is 32.2. The Morgan fingerprint density at radius 3 is 2.41 bits per heavy atom. The van der Waals surface area contributed by atoms with Crippen LogP contribution in [-0.2, 0) is 29.0 Å². The summed E-state index contributed by atoms with van der Waals surface area (Å²) < 4.78 is 37.8. The number of carboxylic acid groups (broad SMARTS) is 1. The average Bonchev–Trinajstić information content (AvgIpc) is 3.69. The van der Waals surface area contributed by atoms with Crippen LogP contribution in [-0.4, -0.2) is 56.6 Å². The number of hydrogen-bond acceptors (Lipinski definition) is 9. The van der Waals surface area contributed by atoms with Crippen molar-refractivity contribution in [2.75, 3.05) is 11.3 Å². The Morgan fingerprint density at radius 2 is 1.75 bits per heavy atom. The summed E-state index contributed by atoms with van der Waals surface area (Å²) in [5.74, 6) is -1.22. The monoisotopic (exact) mass is 711 g/mol. The fourth-order valence-corrected chi connectivity index (χ4v) is 7.41. The van der Waals surface area contributed by atoms with E-state index in [9.17, 15) is 18.3 Å². The minimum Gasteiger partial charge on any atom is -0.478 e. The van der Waals surface area contributed by atoms with Gasteiger partial charge in [-0.05, 0) is 73.9 Å². The summed E-state index contributed by atoms with van der Waals surface area (Å²) >= 11 is 0. The van der Waals surface area contributed by atoms with Crippen molar-refractivity contribution in [3.8, 4) is 17.1 Å². The zero-order chi connectivity index (χ0) is 36.7. The molecule has 268 valence electrons. The Kier molecular flexibility index (Phi) is 9.64. The van der Waals surface area contributed by atoms with E-state index in [0.717, 1.165) is 64.6 Å². The number of sulfonamides is 1. The van der Waals surface area contributed by atoms with Gasteiger partial charge in [0.15, 0.2) is 5.65 Å². The van der Waals surface area contributed by atoms with Gasteiger partial charge in [-0.2, -0.15) is 4.98 Å². The first-order valence-corrected chi connectivity index (χ1v) is 18.5. The van der Waals surface area contributed by atoms with Crippen LogP contribution in [0, 0.1) is 19.3 Å². The summed E-state index contributed by atoms with van der Waals surface area (Å²) in [6.07, 6.45) is 4.95. The van der Waals surface area contributed by atoms with Crippen molar-refractivity contribution >= 4 is 33.1 Å². The summed E-state index contributed by atoms with van der Waals surface area (Å²) in [4.78, 5) is 30.0. The van der Waals surface area contributed by atoms with Crippen LogP contribution in [0.1, 0.15) is 79.8 Å². The van der Waals surface area contributed by atoms with Crippen LogP contribution in [0.15, 0.2) is 65.7 Å². The summed E-state index contributed by atoms with van der Waals surface area (Å²) in [7, 11) is -2.21. The molecule has 12 nitrogen and oxygen atoms in total. The zero-order valence-electron chi connectivity index (χ0n) is 30.1. The molecule has 0 radical (unpaired) electrons. The van der Waals surface area contributed by atoms with Crippen LogP contribution in [0.25, 0.3) is 22.4 Å². The van der Waals surface area contributed by atoms with Crippen LogP contribution in [0.5, 0.6) is 5.88 Å². The Bertz CT molecular complexity index is 2200. The van der Waals surface area contributed by atoms with Crippen LogP contribution in [0.2, 0.25) is 0 Å². The highest BCUT2D eigenvalue weighted by molar-refractivity contribution is 7.92. The number of rotatable bonds is 13. The number of aromatic nitrogens is 5. The number of hydrogen-bond donors (Lipinski definition) is 3. The fraction of sp³-hybridized carbons (Fsp3) is 0.395. The molecule has 0 bridgehead atoms. The van der Waals surface area contributed by atoms with Crippen LogP contribution in [0.3, 0.4) is 0 Å². The number of nitrogens with one attached hydrogen (secondary N) is 2. The van der Waals surface area contributed by atoms with Gasteiger partial charge in [-0.3, -0.25) is 4.98 Å². The molecule has 5 aromatic rings. The van der Waals surface area contributed by atoms with E-state index < -0.39 is 16.0 Å². The smallest absolute Gasteiger partial charge is 0.335 e. The first-order valence-electron chi connectivity index (χ1n) is 17.0. The average molecular weight is 712 g/mol. The molecule has 1 saturated carbocycles. The van der Waals surface area contributed by atoms with E-state index in [2.05, 4.69) is 58.3 Å². The van der Waals surface area contributed by atoms with Crippen LogP contribution >= 0.6 is 0 Å². The SMILES string of the molecule is Cc1cccc(C)c1-c1cc(OC[C@@H](CC2(C)CC2)NCc2cnc3cc(C(C)(C)C)n(C)c3n2)nc(NS(=O)(=O)c2cccc(C(=O)O)c2)n1. The first-order chi connectivity index (χ1) is 24.0. The van der Waals surface area contributed by atoms with E-state index in [1.165, 1.54) is 18.2 Å². The summed E-state index contributed by atoms with van der Waals surface area (Å²) in [6.45, 7) is 13.5. The molecule has 1 aliphatic carbocycles. The number of benzene rings is 2. The maximum Gasteiger partial charge on any atom is 0.335 e. The molecule has 3 aromatic heterocycles. The fourth-order valence-electron chi connectivity index (χ4n) is 6.42. The van der Waals surface area contributed by atoms with E-state index >= 15 is 0 Å². The van der Waals surface area contributed by atoms with Gasteiger partial charge in [-0.15, -0.1) is 0 Å². The third-order valence-corrected chi connectivity index (χ3v) is 10.8. The van der Waals surface area contributed by atoms with Gasteiger partial charge in [0.25, 0.3) is 10.0 Å². The summed E-state index contributed by atoms with van der Waals surface area (Å²) in [5, 5.41) is 13.0. The lowest BCUT2D eigenvalue weighted by Gasteiger charge is -2.22. The van der Waals surface area contributed by atoms with Crippen molar-refractivity contribution in [2.24, 2.45) is 12.5 Å². The van der Waals surface area contributed by atoms with E-state index in [-0.39, 0.29) is 45.8 Å². The van der Waals surface area contributed by atoms with Gasteiger partial charge in [0.1, 0.15) is 12.1 Å². The Balaban J connectivity index is 1.27. The zero-order valence-corrected chi connectivity index (χ0v) is 30.9. The number of fused-ring (bicyclic) bond motifs is 1. The van der Waals surface area contributed by atoms with Gasteiger partial charge in [0.05, 0.1) is 28.0 Å². The van der Waals surface area contributed by atoms with Crippen molar-refractivity contribution < 1.29 is 23.1 Å². The third-order valence-electron chi connectivity index (χ3n) is 9.46. The molecule has 0 amide bonds. The molecule has 6 rings (SSSR count). The minimum atomic E-state index is -4.24. The second-order valence-electron chi connectivity index (χ2n) is 14.9. The van der Waals surface area contributed by atoms with E-state index in [1.807, 2.05) is 45.3 Å². The number of aromatic carboxylic acids is 1. The number of carbonyl (C=O) groups is 1. The Morgan fingerprint density at radius 1 is 1.04 bits per heavy atom. The molecular formula is C38H45N7O5S. The lowest BCUT2D eigenvalue weighted by atomic mass is 9.92. The number of anilines is 1. The summed E-state index contributed by atoms with van der Waals surface area (Å²) in [5.41, 5.74) is 6.93. The normalized spacial score (nSPS) is 14.7. The predicted octanol–water partition coefficient (Wildman–Crippen LogP) is 6.57. The molecule has 1 aliphatic rings. The molecule has 51 heavy (non-hydrogen) atoms. The van der Waals surface area contributed by atoms with E-state index in [1.54, 1.807) is 6.07 Å². The predicted molar refractivity (Wildman–Crippen MR) is 196 cm³/mol. The second kappa shape index (κ2) is 13.7. The largest absolute Gasteiger partial charge is 0.478 e. The van der Waals surface area contributed by atoms with Crippen molar-refractivity contribution in [2.45, 2.75) is 83.7 Å². The van der Waals surface area contributed by atoms with Gasteiger partial charge in [0.2, 0.25) is 11.8 Å². The molecule has 2 aromatic carbocycles. The molecule has 0 unspecified atom stereocenters. The van der Waals surface area contributed by atoms with Gasteiger partial charge < -0.3 is 19.7 Å². The molecule has 3 heterocycles. The van der Waals surface area contributed by atoms with Crippen molar-refractivity contribution in [1.82, 2.24) is 29.8 Å². The highest BCUT2D eigenvalue weighted by Gasteiger charge is 2.39. The molecular weight excluding hydrogens is 667 g/mol. The standard InChI is InChI=1S/C38H45N7O5S/c1-23-10-8-11-24(2)33(23)29-18-32(43-36(42-29)44-51(48,49)28-13-9-12-25(16-28)35(46)47)50-22-26(19-38(6)14-15-38)39-20-27-21-40-30-17-31(37(3,4)5)45(7)34(30)41-27/h8-13,16-18,21,26,39H,14-15,19-20,22H2,1-7H3,(H,46,47)(H,42,43,44)/t26-/m1/s1. The van der Waals surface area contributed by atoms with Crippen LogP contribution in [0.4, 0.5) is 5.95 Å². The second-order valence-corrected chi connectivity index (χ2v) is 16.6. The quantitative estimate of drug-likeness (QED) is 0.122. The Labute approximate surface area is 298 Å². The lowest BCUT2D eigenvalue weighted by molar-refractivity contribution is 0.0696. The molecule has 0 spiro atoms. The van der Waals surface area contributed by atoms with Crippen molar-refractivity contribution in [3.63, 3.8) is 0 Å². The van der Waals surface area contributed by atoms with Gasteiger partial charge in [-0.1, -0.05) is 52.0 Å². The number of aryl methyl sites for hydroxylation is 3. The maximum atomic E-state index is 13.4. The lowest BCUT2D eigenvalue weighted by Crippen LogP contribution is -2.36. The molecule has 13 heteroatoms. The Hall–Kier alpha value is -4.88. The maximum absolute atomic E-state index is 13.4. The molecule has 0 saturated heterocycles. The molecule has 1 atom stereocenters. The van der Waals surface area contributed by atoms with Crippen molar-refractivity contribution in [1.29, 1.82) is 0 Å². The first kappa shape index (κ1) is 35.9. The van der Waals surface area contributed by atoms with E-state index in [0.29, 0.717) is 12.2 Å². The molecule has 3 N–H and O–H groups in total. The van der Waals surface area contributed by atoms with Gasteiger partial charge >= 0.3 is 5.97 Å². The van der Waals surface area contributed by atoms with Crippen LogP contribution < -0.4 is 14.8 Å². The van der Waals surface area contributed by atoms with E-state index in [4.69, 9.17) is 14.7 Å². The minimum absolute atomic E-state index is 0.0402. The number of nitrogens with zero attached hydrogens (tertiary/aromatic N) is 5.